The fourth-order valence-corrected chi connectivity index (χ4v) is 6.24. The molecule has 4 atom stereocenters. The molecule has 1 unspecified atom stereocenters. The van der Waals surface area contributed by atoms with Crippen LogP contribution in [0.1, 0.15) is 49.7 Å². The summed E-state index contributed by atoms with van der Waals surface area (Å²) >= 11 is 0. The molecule has 0 amide bonds. The molecule has 1 aliphatic heterocycles. The summed E-state index contributed by atoms with van der Waals surface area (Å²) in [6, 6.07) is 8.75. The van der Waals surface area contributed by atoms with Crippen molar-refractivity contribution < 1.29 is 9.84 Å². The van der Waals surface area contributed by atoms with Gasteiger partial charge in [0.2, 0.25) is 0 Å². The van der Waals surface area contributed by atoms with Gasteiger partial charge in [0, 0.05) is 18.0 Å². The molecular formula is C22H29N3O2. The Labute approximate surface area is 161 Å². The van der Waals surface area contributed by atoms with Crippen molar-refractivity contribution >= 4 is 0 Å². The van der Waals surface area contributed by atoms with E-state index in [4.69, 9.17) is 10.5 Å². The first-order chi connectivity index (χ1) is 12.9. The van der Waals surface area contributed by atoms with E-state index in [2.05, 4.69) is 23.1 Å². The van der Waals surface area contributed by atoms with Crippen LogP contribution in [-0.4, -0.2) is 47.4 Å². The van der Waals surface area contributed by atoms with E-state index in [1.807, 2.05) is 6.07 Å². The quantitative estimate of drug-likeness (QED) is 0.855. The number of nitriles is 1. The Morgan fingerprint density at radius 3 is 2.85 bits per heavy atom. The normalized spacial score (nSPS) is 40.6. The lowest BCUT2D eigenvalue weighted by Gasteiger charge is -2.65. The molecule has 1 aromatic carbocycles. The SMILES string of the molecule is COc1ccc2c(c1)C13CCN(CC4CC4)[C@H](C2)[C@]1(O)CC[C@@](N)(C#N)C3. The van der Waals surface area contributed by atoms with E-state index in [0.29, 0.717) is 19.3 Å². The van der Waals surface area contributed by atoms with E-state index in [0.717, 1.165) is 43.2 Å². The molecule has 0 spiro atoms. The first kappa shape index (κ1) is 17.5. The van der Waals surface area contributed by atoms with Crippen LogP contribution in [0.2, 0.25) is 0 Å². The average Bonchev–Trinajstić information content (AvgIpc) is 3.49. The lowest BCUT2D eigenvalue weighted by atomic mass is 9.47. The van der Waals surface area contributed by atoms with Crippen molar-refractivity contribution in [3.8, 4) is 11.8 Å². The molecule has 5 nitrogen and oxygen atoms in total. The Morgan fingerprint density at radius 1 is 1.33 bits per heavy atom. The van der Waals surface area contributed by atoms with Gasteiger partial charge in [-0.2, -0.15) is 5.26 Å². The monoisotopic (exact) mass is 367 g/mol. The van der Waals surface area contributed by atoms with E-state index in [9.17, 15) is 10.4 Å². The molecule has 1 saturated heterocycles. The van der Waals surface area contributed by atoms with Gasteiger partial charge >= 0.3 is 0 Å². The molecule has 2 bridgehead atoms. The molecule has 5 rings (SSSR count). The third-order valence-corrected chi connectivity index (χ3v) is 7.87. The van der Waals surface area contributed by atoms with Gasteiger partial charge in [0.25, 0.3) is 0 Å². The Balaban J connectivity index is 1.65. The Kier molecular flexibility index (Phi) is 3.69. The van der Waals surface area contributed by atoms with Gasteiger partial charge in [-0.25, -0.2) is 0 Å². The third-order valence-electron chi connectivity index (χ3n) is 7.87. The van der Waals surface area contributed by atoms with Gasteiger partial charge in [0.15, 0.2) is 0 Å². The highest BCUT2D eigenvalue weighted by atomic mass is 16.5. The number of ether oxygens (including phenoxy) is 1. The van der Waals surface area contributed by atoms with Gasteiger partial charge in [-0.1, -0.05) is 6.07 Å². The molecule has 4 aliphatic rings. The lowest BCUT2D eigenvalue weighted by molar-refractivity contribution is -0.173. The smallest absolute Gasteiger partial charge is 0.119 e. The molecule has 2 saturated carbocycles. The summed E-state index contributed by atoms with van der Waals surface area (Å²) in [7, 11) is 1.68. The molecule has 5 heteroatoms. The second kappa shape index (κ2) is 5.70. The Bertz CT molecular complexity index is 816. The summed E-state index contributed by atoms with van der Waals surface area (Å²) in [6.07, 6.45) is 6.05. The van der Waals surface area contributed by atoms with Crippen molar-refractivity contribution in [2.45, 2.75) is 67.5 Å². The zero-order valence-electron chi connectivity index (χ0n) is 16.1. The largest absolute Gasteiger partial charge is 0.497 e. The van der Waals surface area contributed by atoms with E-state index in [1.54, 1.807) is 7.11 Å². The summed E-state index contributed by atoms with van der Waals surface area (Å²) in [6.45, 7) is 2.07. The van der Waals surface area contributed by atoms with Crippen LogP contribution in [0.3, 0.4) is 0 Å². The Hall–Kier alpha value is -1.61. The number of likely N-dealkylation sites (tertiary alicyclic amines) is 1. The fraction of sp³-hybridized carbons (Fsp3) is 0.682. The molecule has 0 aromatic heterocycles. The second-order valence-electron chi connectivity index (χ2n) is 9.38. The maximum Gasteiger partial charge on any atom is 0.119 e. The van der Waals surface area contributed by atoms with Gasteiger partial charge in [0.1, 0.15) is 11.3 Å². The van der Waals surface area contributed by atoms with Crippen molar-refractivity contribution in [1.29, 1.82) is 5.26 Å². The number of piperidine rings is 1. The number of methoxy groups -OCH3 is 1. The van der Waals surface area contributed by atoms with Crippen molar-refractivity contribution in [3.63, 3.8) is 0 Å². The number of hydrogen-bond donors (Lipinski definition) is 2. The third kappa shape index (κ3) is 2.40. The van der Waals surface area contributed by atoms with Gasteiger partial charge in [-0.3, -0.25) is 4.90 Å². The first-order valence-corrected chi connectivity index (χ1v) is 10.3. The summed E-state index contributed by atoms with van der Waals surface area (Å²) < 4.78 is 5.50. The number of rotatable bonds is 3. The van der Waals surface area contributed by atoms with Gasteiger partial charge < -0.3 is 15.6 Å². The molecule has 144 valence electrons. The number of fused-ring (bicyclic) bond motifs is 1. The molecule has 3 N–H and O–H groups in total. The number of nitrogens with two attached hydrogens (primary N) is 1. The zero-order valence-corrected chi connectivity index (χ0v) is 16.1. The zero-order chi connectivity index (χ0) is 18.9. The highest BCUT2D eigenvalue weighted by Gasteiger charge is 2.66. The second-order valence-corrected chi connectivity index (χ2v) is 9.38. The van der Waals surface area contributed by atoms with E-state index in [1.165, 1.54) is 18.4 Å². The molecule has 1 heterocycles. The first-order valence-electron chi connectivity index (χ1n) is 10.3. The van der Waals surface area contributed by atoms with Crippen LogP contribution in [0.4, 0.5) is 0 Å². The minimum atomic E-state index is -0.868. The topological polar surface area (TPSA) is 82.5 Å². The minimum absolute atomic E-state index is 0.121. The number of benzene rings is 1. The van der Waals surface area contributed by atoms with E-state index >= 15 is 0 Å². The van der Waals surface area contributed by atoms with Gasteiger partial charge in [-0.15, -0.1) is 0 Å². The van der Waals surface area contributed by atoms with Crippen LogP contribution in [0, 0.1) is 17.2 Å². The predicted octanol–water partition coefficient (Wildman–Crippen LogP) is 2.11. The van der Waals surface area contributed by atoms with Crippen LogP contribution in [-0.2, 0) is 11.8 Å². The van der Waals surface area contributed by atoms with E-state index in [-0.39, 0.29) is 6.04 Å². The lowest BCUT2D eigenvalue weighted by Crippen LogP contribution is -2.75. The van der Waals surface area contributed by atoms with E-state index < -0.39 is 16.6 Å². The van der Waals surface area contributed by atoms with Gasteiger partial charge in [0.05, 0.1) is 18.8 Å². The van der Waals surface area contributed by atoms with Crippen LogP contribution in [0.25, 0.3) is 0 Å². The molecular weight excluding hydrogens is 338 g/mol. The van der Waals surface area contributed by atoms with Crippen LogP contribution in [0.15, 0.2) is 18.2 Å². The molecule has 27 heavy (non-hydrogen) atoms. The number of hydrogen-bond acceptors (Lipinski definition) is 5. The standard InChI is InChI=1S/C22H29N3O2/c1-27-17-5-4-16-10-19-22(26)7-6-20(24,14-23)13-21(22,18(16)11-17)8-9-25(19)12-15-2-3-15/h4-5,11,15,19,26H,2-3,6-10,12-13,24H2,1H3/t19-,20+,21?,22-/m1/s1. The summed E-state index contributed by atoms with van der Waals surface area (Å²) in [4.78, 5) is 2.54. The van der Waals surface area contributed by atoms with Crippen LogP contribution >= 0.6 is 0 Å². The van der Waals surface area contributed by atoms with Crippen molar-refractivity contribution in [2.24, 2.45) is 11.7 Å². The maximum atomic E-state index is 12.2. The van der Waals surface area contributed by atoms with Crippen LogP contribution in [0.5, 0.6) is 5.75 Å². The van der Waals surface area contributed by atoms with Crippen LogP contribution < -0.4 is 10.5 Å². The minimum Gasteiger partial charge on any atom is -0.497 e. The van der Waals surface area contributed by atoms with Crippen molar-refractivity contribution in [3.05, 3.63) is 29.3 Å². The van der Waals surface area contributed by atoms with Gasteiger partial charge in [-0.05, 0) is 80.7 Å². The van der Waals surface area contributed by atoms with Crippen molar-refractivity contribution in [1.82, 2.24) is 4.90 Å². The number of aliphatic hydroxyl groups is 1. The molecule has 3 fully saturated rings. The number of nitrogens with zero attached hydrogens (tertiary/aromatic N) is 2. The highest BCUT2D eigenvalue weighted by Crippen LogP contribution is 2.60. The molecule has 0 radical (unpaired) electrons. The summed E-state index contributed by atoms with van der Waals surface area (Å²) in [5, 5.41) is 21.9. The highest BCUT2D eigenvalue weighted by molar-refractivity contribution is 5.49. The fourth-order valence-electron chi connectivity index (χ4n) is 6.24. The predicted molar refractivity (Wildman–Crippen MR) is 102 cm³/mol. The summed E-state index contributed by atoms with van der Waals surface area (Å²) in [5.74, 6) is 1.61. The Morgan fingerprint density at radius 2 is 2.15 bits per heavy atom. The average molecular weight is 367 g/mol. The molecule has 1 aromatic rings. The summed E-state index contributed by atoms with van der Waals surface area (Å²) in [5.41, 5.74) is 6.80. The maximum absolute atomic E-state index is 12.2. The van der Waals surface area contributed by atoms with Crippen molar-refractivity contribution in [2.75, 3.05) is 20.2 Å². The molecule has 3 aliphatic carbocycles.